The number of carbonyl (C=O) groups excluding carboxylic acids is 4. The van der Waals surface area contributed by atoms with Crippen molar-refractivity contribution >= 4 is 58.6 Å². The van der Waals surface area contributed by atoms with Gasteiger partial charge in [0.1, 0.15) is 11.4 Å². The van der Waals surface area contributed by atoms with E-state index in [1.165, 1.54) is 50.6 Å². The van der Waals surface area contributed by atoms with Gasteiger partial charge < -0.3 is 19.7 Å². The van der Waals surface area contributed by atoms with Gasteiger partial charge in [-0.3, -0.25) is 24.1 Å². The first-order chi connectivity index (χ1) is 26.0. The summed E-state index contributed by atoms with van der Waals surface area (Å²) < 4.78 is 84.0. The number of nitrogens with zero attached hydrogens (tertiary/aromatic N) is 2. The lowest BCUT2D eigenvalue weighted by atomic mass is 9.57. The van der Waals surface area contributed by atoms with Crippen LogP contribution in [-0.4, -0.2) is 69.3 Å². The number of aromatic hydroxyl groups is 2. The van der Waals surface area contributed by atoms with E-state index in [9.17, 15) is 42.6 Å². The van der Waals surface area contributed by atoms with Crippen LogP contribution in [0.15, 0.2) is 54.1 Å². The summed E-state index contributed by atoms with van der Waals surface area (Å²) in [6, 6.07) is 8.91. The number of hydrogen-bond acceptors (Lipinski definition) is 8. The Hall–Kier alpha value is -5.15. The number of fused-ring (bicyclic) bond motifs is 4. The van der Waals surface area contributed by atoms with E-state index >= 15 is 8.78 Å². The summed E-state index contributed by atoms with van der Waals surface area (Å²) in [7, 11) is 2.55. The van der Waals surface area contributed by atoms with Crippen LogP contribution in [0, 0.1) is 52.8 Å². The number of alkyl halides is 2. The molecule has 2 N–H and O–H groups in total. The summed E-state index contributed by atoms with van der Waals surface area (Å²) in [6.45, 7) is -0.0394. The van der Waals surface area contributed by atoms with E-state index in [0.29, 0.717) is 5.56 Å². The highest BCUT2D eigenvalue weighted by Crippen LogP contribution is 2.64. The second kappa shape index (κ2) is 13.6. The third kappa shape index (κ3) is 5.48. The van der Waals surface area contributed by atoms with Crippen molar-refractivity contribution < 1.29 is 60.8 Å². The van der Waals surface area contributed by atoms with Gasteiger partial charge in [-0.1, -0.05) is 35.9 Å². The minimum Gasteiger partial charge on any atom is -0.508 e. The fourth-order valence-corrected chi connectivity index (χ4v) is 9.11. The number of hydrogen-bond donors (Lipinski definition) is 2. The van der Waals surface area contributed by atoms with E-state index < -0.39 is 98.2 Å². The average Bonchev–Trinajstić information content (AvgIpc) is 3.50. The number of anilines is 1. The van der Waals surface area contributed by atoms with E-state index in [-0.39, 0.29) is 58.4 Å². The smallest absolute Gasteiger partial charge is 0.258 e. The van der Waals surface area contributed by atoms with Crippen molar-refractivity contribution in [3.05, 3.63) is 94.3 Å². The number of benzene rings is 3. The molecule has 1 saturated carbocycles. The van der Waals surface area contributed by atoms with Crippen LogP contribution in [0.4, 0.5) is 27.6 Å². The Morgan fingerprint density at radius 3 is 2.00 bits per heavy atom. The maximum absolute atomic E-state index is 15.3. The number of imide groups is 2. The standard InChI is InChI=1S/C38H29Cl2F5N2O8/c1-54-23-13-17(14-24(55-2)32(23)49)5-10-22-19-8-9-20-25(34(51)46(33(20)50)12-11-16-3-6-18(48)7-4-16)21(19)15-37(39)35(52)47(36(53)38(22,37)40)31-29(44)27(42)26(41)28(43)30(31)45/h3-8,10,13-14,20-22,25,48-49H,9,11-12,15H2,1-2H3. The van der Waals surface area contributed by atoms with Crippen LogP contribution >= 0.6 is 23.2 Å². The first kappa shape index (κ1) is 38.1. The Morgan fingerprint density at radius 1 is 0.836 bits per heavy atom. The molecule has 288 valence electrons. The fraction of sp³-hybridized carbons (Fsp3) is 0.316. The van der Waals surface area contributed by atoms with Gasteiger partial charge in [0.05, 0.1) is 26.1 Å². The minimum absolute atomic E-state index is 0.0201. The zero-order valence-electron chi connectivity index (χ0n) is 28.7. The SMILES string of the molecule is COc1cc(C=CC2C3=CCC4C(=O)N(CCc5ccc(O)cc5)C(=O)C4C3CC3(Cl)C(=O)N(c4c(F)c(F)c(F)c(F)c4F)C(=O)C23Cl)cc(OC)c1O. The molecule has 55 heavy (non-hydrogen) atoms. The largest absolute Gasteiger partial charge is 0.508 e. The van der Waals surface area contributed by atoms with Crippen molar-refractivity contribution in [1.82, 2.24) is 4.90 Å². The normalized spacial score (nSPS) is 27.4. The first-order valence-electron chi connectivity index (χ1n) is 16.8. The summed E-state index contributed by atoms with van der Waals surface area (Å²) in [5.41, 5.74) is -0.612. The molecule has 2 saturated heterocycles. The lowest BCUT2D eigenvalue weighted by Crippen LogP contribution is -2.60. The Balaban J connectivity index is 1.35. The summed E-state index contributed by atoms with van der Waals surface area (Å²) in [5, 5.41) is 20.1. The molecule has 0 radical (unpaired) electrons. The number of rotatable bonds is 8. The van der Waals surface area contributed by atoms with Gasteiger partial charge in [0.25, 0.3) is 11.8 Å². The maximum Gasteiger partial charge on any atom is 0.258 e. The molecule has 2 heterocycles. The Bertz CT molecular complexity index is 2200. The van der Waals surface area contributed by atoms with Crippen molar-refractivity contribution in [3.63, 3.8) is 0 Å². The van der Waals surface area contributed by atoms with Crippen LogP contribution in [0.5, 0.6) is 23.0 Å². The van der Waals surface area contributed by atoms with Gasteiger partial charge in [0, 0.05) is 12.5 Å². The van der Waals surface area contributed by atoms with E-state index in [1.54, 1.807) is 18.2 Å². The zero-order chi connectivity index (χ0) is 39.9. The zero-order valence-corrected chi connectivity index (χ0v) is 30.2. The molecule has 3 aromatic carbocycles. The second-order valence-electron chi connectivity index (χ2n) is 13.6. The third-order valence-corrected chi connectivity index (χ3v) is 12.3. The number of likely N-dealkylation sites (tertiary alicyclic amines) is 1. The van der Waals surface area contributed by atoms with Crippen LogP contribution in [0.25, 0.3) is 6.08 Å². The van der Waals surface area contributed by atoms with Gasteiger partial charge >= 0.3 is 0 Å². The summed E-state index contributed by atoms with van der Waals surface area (Å²) in [4.78, 5) is 52.1. The van der Waals surface area contributed by atoms with Crippen LogP contribution in [0.3, 0.4) is 0 Å². The monoisotopic (exact) mass is 806 g/mol. The van der Waals surface area contributed by atoms with Gasteiger partial charge in [-0.25, -0.2) is 26.9 Å². The highest BCUT2D eigenvalue weighted by molar-refractivity contribution is 6.58. The van der Waals surface area contributed by atoms with Gasteiger partial charge in [0.15, 0.2) is 44.5 Å². The van der Waals surface area contributed by atoms with Gasteiger partial charge in [-0.05, 0) is 60.6 Å². The van der Waals surface area contributed by atoms with E-state index in [0.717, 1.165) is 4.90 Å². The minimum atomic E-state index is -2.69. The third-order valence-electron chi connectivity index (χ3n) is 10.9. The van der Waals surface area contributed by atoms with Crippen LogP contribution < -0.4 is 14.4 Å². The Morgan fingerprint density at radius 2 is 1.42 bits per heavy atom. The number of amides is 4. The lowest BCUT2D eigenvalue weighted by Gasteiger charge is -2.49. The summed E-state index contributed by atoms with van der Waals surface area (Å²) in [5.74, 6) is -21.7. The summed E-state index contributed by atoms with van der Waals surface area (Å²) in [6.07, 6.45) is 3.86. The number of phenols is 2. The molecule has 6 atom stereocenters. The van der Waals surface area contributed by atoms with Crippen LogP contribution in [0.1, 0.15) is 24.0 Å². The molecule has 0 aromatic heterocycles. The Kier molecular flexibility index (Phi) is 9.40. The highest BCUT2D eigenvalue weighted by atomic mass is 35.5. The molecule has 0 spiro atoms. The Labute approximate surface area is 319 Å². The molecule has 2 aliphatic heterocycles. The molecule has 4 amide bonds. The molecule has 6 unspecified atom stereocenters. The molecule has 0 bridgehead atoms. The predicted octanol–water partition coefficient (Wildman–Crippen LogP) is 6.16. The first-order valence-corrected chi connectivity index (χ1v) is 17.5. The quantitative estimate of drug-likeness (QED) is 0.0691. The van der Waals surface area contributed by atoms with Gasteiger partial charge in [-0.15, -0.1) is 23.2 Å². The molecule has 17 heteroatoms. The molecular weight excluding hydrogens is 778 g/mol. The molecule has 4 aliphatic rings. The predicted molar refractivity (Wildman–Crippen MR) is 186 cm³/mol. The number of phenolic OH excluding ortho intramolecular Hbond substituents is 2. The number of halogens is 7. The van der Waals surface area contributed by atoms with E-state index in [1.807, 2.05) is 0 Å². The molecule has 7 rings (SSSR count). The second-order valence-corrected chi connectivity index (χ2v) is 14.9. The average molecular weight is 808 g/mol. The van der Waals surface area contributed by atoms with Crippen LogP contribution in [-0.2, 0) is 25.6 Å². The summed E-state index contributed by atoms with van der Waals surface area (Å²) >= 11 is 14.2. The number of ether oxygens (including phenoxy) is 2. The molecule has 2 aliphatic carbocycles. The van der Waals surface area contributed by atoms with E-state index in [4.69, 9.17) is 32.7 Å². The van der Waals surface area contributed by atoms with E-state index in [2.05, 4.69) is 0 Å². The van der Waals surface area contributed by atoms with Gasteiger partial charge in [0.2, 0.25) is 23.4 Å². The molecule has 10 nitrogen and oxygen atoms in total. The van der Waals surface area contributed by atoms with Crippen LogP contribution in [0.2, 0.25) is 0 Å². The fourth-order valence-electron chi connectivity index (χ4n) is 8.22. The lowest BCUT2D eigenvalue weighted by molar-refractivity contribution is -0.140. The molecule has 3 aromatic rings. The molecule has 3 fully saturated rings. The maximum atomic E-state index is 15.3. The van der Waals surface area contributed by atoms with Crippen molar-refractivity contribution in [1.29, 1.82) is 0 Å². The number of allylic oxidation sites excluding steroid dienone is 3. The van der Waals surface area contributed by atoms with Crippen molar-refractivity contribution in [2.24, 2.45) is 23.7 Å². The van der Waals surface area contributed by atoms with Gasteiger partial charge in [-0.2, -0.15) is 0 Å². The van der Waals surface area contributed by atoms with Crippen molar-refractivity contribution in [2.75, 3.05) is 25.7 Å². The number of carbonyl (C=O) groups is 4. The topological polar surface area (TPSA) is 134 Å². The van der Waals surface area contributed by atoms with Crippen molar-refractivity contribution in [2.45, 2.75) is 29.0 Å². The number of methoxy groups -OCH3 is 2. The van der Waals surface area contributed by atoms with Crippen molar-refractivity contribution in [3.8, 4) is 23.0 Å². The highest BCUT2D eigenvalue weighted by Gasteiger charge is 2.76. The molecular formula is C38H29Cl2F5N2O8.